The number of carbonyl (C=O) groups is 1. The highest BCUT2D eigenvalue weighted by atomic mass is 35.5. The minimum Gasteiger partial charge on any atom is -0.488 e. The maximum absolute atomic E-state index is 12.0. The molecule has 1 unspecified atom stereocenters. The number of nitrogens with one attached hydrogen (secondary N) is 2. The SMILES string of the molecule is CC(C)(C)Oc1ccc(NC(=O)CC2CSCCN2)cc1.Cl. The highest BCUT2D eigenvalue weighted by molar-refractivity contribution is 7.99. The van der Waals surface area contributed by atoms with E-state index < -0.39 is 0 Å². The molecule has 2 N–H and O–H groups in total. The Bertz CT molecular complexity index is 468. The van der Waals surface area contributed by atoms with Gasteiger partial charge in [0.15, 0.2) is 0 Å². The van der Waals surface area contributed by atoms with Crippen LogP contribution in [0.5, 0.6) is 5.75 Å². The van der Waals surface area contributed by atoms with Crippen molar-refractivity contribution >= 4 is 35.8 Å². The summed E-state index contributed by atoms with van der Waals surface area (Å²) >= 11 is 1.90. The minimum atomic E-state index is -0.213. The van der Waals surface area contributed by atoms with E-state index in [1.54, 1.807) is 0 Å². The van der Waals surface area contributed by atoms with Crippen LogP contribution in [0.15, 0.2) is 24.3 Å². The number of hydrogen-bond acceptors (Lipinski definition) is 4. The van der Waals surface area contributed by atoms with E-state index in [1.807, 2.05) is 56.8 Å². The van der Waals surface area contributed by atoms with Gasteiger partial charge in [-0.1, -0.05) is 0 Å². The number of halogens is 1. The van der Waals surface area contributed by atoms with Gasteiger partial charge in [0.1, 0.15) is 11.4 Å². The highest BCUT2D eigenvalue weighted by Crippen LogP contribution is 2.20. The zero-order chi connectivity index (χ0) is 15.3. The van der Waals surface area contributed by atoms with Crippen molar-refractivity contribution in [3.05, 3.63) is 24.3 Å². The number of rotatable bonds is 4. The van der Waals surface area contributed by atoms with Gasteiger partial charge in [-0.05, 0) is 45.0 Å². The lowest BCUT2D eigenvalue weighted by molar-refractivity contribution is -0.116. The standard InChI is InChI=1S/C16H24N2O2S.ClH/c1-16(2,3)20-14-6-4-12(5-7-14)18-15(19)10-13-11-21-9-8-17-13;/h4-7,13,17H,8-11H2,1-3H3,(H,18,19);1H. The molecule has 0 radical (unpaired) electrons. The fourth-order valence-electron chi connectivity index (χ4n) is 2.15. The van der Waals surface area contributed by atoms with E-state index in [0.29, 0.717) is 6.42 Å². The van der Waals surface area contributed by atoms with Crippen LogP contribution in [0, 0.1) is 0 Å². The Morgan fingerprint density at radius 3 is 2.59 bits per heavy atom. The average Bonchev–Trinajstić information content (AvgIpc) is 2.40. The average molecular weight is 345 g/mol. The van der Waals surface area contributed by atoms with Crippen LogP contribution < -0.4 is 15.4 Å². The molecule has 1 fully saturated rings. The first-order chi connectivity index (χ1) is 9.92. The first-order valence-electron chi connectivity index (χ1n) is 7.32. The Labute approximate surface area is 143 Å². The van der Waals surface area contributed by atoms with Crippen LogP contribution in [0.1, 0.15) is 27.2 Å². The van der Waals surface area contributed by atoms with Crippen LogP contribution in [0.2, 0.25) is 0 Å². The number of carbonyl (C=O) groups excluding carboxylic acids is 1. The molecule has 0 spiro atoms. The zero-order valence-electron chi connectivity index (χ0n) is 13.3. The molecule has 22 heavy (non-hydrogen) atoms. The fourth-order valence-corrected chi connectivity index (χ4v) is 3.10. The lowest BCUT2D eigenvalue weighted by atomic mass is 10.2. The largest absolute Gasteiger partial charge is 0.488 e. The third-order valence-corrected chi connectivity index (χ3v) is 4.12. The molecule has 1 aromatic carbocycles. The van der Waals surface area contributed by atoms with E-state index in [2.05, 4.69) is 10.6 Å². The quantitative estimate of drug-likeness (QED) is 0.879. The van der Waals surface area contributed by atoms with Crippen LogP contribution in [-0.4, -0.2) is 35.6 Å². The molecule has 1 atom stereocenters. The monoisotopic (exact) mass is 344 g/mol. The van der Waals surface area contributed by atoms with E-state index in [1.165, 1.54) is 0 Å². The van der Waals surface area contributed by atoms with Crippen molar-refractivity contribution in [2.45, 2.75) is 38.8 Å². The van der Waals surface area contributed by atoms with Crippen molar-refractivity contribution < 1.29 is 9.53 Å². The van der Waals surface area contributed by atoms with Crippen molar-refractivity contribution in [3.63, 3.8) is 0 Å². The first-order valence-corrected chi connectivity index (χ1v) is 8.48. The number of benzene rings is 1. The Balaban J connectivity index is 0.00000242. The van der Waals surface area contributed by atoms with Gasteiger partial charge < -0.3 is 15.4 Å². The Morgan fingerprint density at radius 1 is 1.36 bits per heavy atom. The Morgan fingerprint density at radius 2 is 2.05 bits per heavy atom. The second kappa shape index (κ2) is 8.65. The predicted octanol–water partition coefficient (Wildman–Crippen LogP) is 3.32. The van der Waals surface area contributed by atoms with Crippen molar-refractivity contribution in [1.82, 2.24) is 5.32 Å². The van der Waals surface area contributed by atoms with E-state index in [-0.39, 0.29) is 30.0 Å². The highest BCUT2D eigenvalue weighted by Gasteiger charge is 2.17. The summed E-state index contributed by atoms with van der Waals surface area (Å²) in [7, 11) is 0. The first kappa shape index (κ1) is 19.1. The predicted molar refractivity (Wildman–Crippen MR) is 96.4 cm³/mol. The molecule has 6 heteroatoms. The maximum atomic E-state index is 12.0. The summed E-state index contributed by atoms with van der Waals surface area (Å²) in [5, 5.41) is 6.30. The molecule has 0 aliphatic carbocycles. The van der Waals surface area contributed by atoms with Crippen LogP contribution in [0.4, 0.5) is 5.69 Å². The molecule has 0 bridgehead atoms. The molecule has 1 aliphatic rings. The third-order valence-electron chi connectivity index (χ3n) is 2.99. The molecule has 0 aromatic heterocycles. The molecular weight excluding hydrogens is 320 g/mol. The molecule has 4 nitrogen and oxygen atoms in total. The lowest BCUT2D eigenvalue weighted by Crippen LogP contribution is -2.39. The van der Waals surface area contributed by atoms with E-state index in [9.17, 15) is 4.79 Å². The summed E-state index contributed by atoms with van der Waals surface area (Å²) in [6.45, 7) is 7.02. The topological polar surface area (TPSA) is 50.4 Å². The summed E-state index contributed by atoms with van der Waals surface area (Å²) in [5.41, 5.74) is 0.597. The molecule has 0 saturated carbocycles. The van der Waals surface area contributed by atoms with Crippen LogP contribution >= 0.6 is 24.2 Å². The van der Waals surface area contributed by atoms with Crippen molar-refractivity contribution in [3.8, 4) is 5.75 Å². The normalized spacial score (nSPS) is 18.2. The second-order valence-electron chi connectivity index (χ2n) is 6.22. The van der Waals surface area contributed by atoms with E-state index in [4.69, 9.17) is 4.74 Å². The maximum Gasteiger partial charge on any atom is 0.225 e. The smallest absolute Gasteiger partial charge is 0.225 e. The summed E-state index contributed by atoms with van der Waals surface area (Å²) in [4.78, 5) is 12.0. The van der Waals surface area contributed by atoms with Gasteiger partial charge in [-0.3, -0.25) is 4.79 Å². The van der Waals surface area contributed by atoms with Gasteiger partial charge in [-0.25, -0.2) is 0 Å². The number of thioether (sulfide) groups is 1. The lowest BCUT2D eigenvalue weighted by Gasteiger charge is -2.23. The minimum absolute atomic E-state index is 0. The number of ether oxygens (including phenoxy) is 1. The zero-order valence-corrected chi connectivity index (χ0v) is 15.0. The fraction of sp³-hybridized carbons (Fsp3) is 0.562. The van der Waals surface area contributed by atoms with Gasteiger partial charge in [-0.2, -0.15) is 11.8 Å². The Hall–Kier alpha value is -0.910. The molecular formula is C16H25ClN2O2S. The van der Waals surface area contributed by atoms with Gasteiger partial charge in [-0.15, -0.1) is 12.4 Å². The summed E-state index contributed by atoms with van der Waals surface area (Å²) in [5.74, 6) is 3.00. The van der Waals surface area contributed by atoms with Gasteiger partial charge in [0.25, 0.3) is 0 Å². The summed E-state index contributed by atoms with van der Waals surface area (Å²) in [6.07, 6.45) is 0.521. The van der Waals surface area contributed by atoms with Crippen molar-refractivity contribution in [1.29, 1.82) is 0 Å². The van der Waals surface area contributed by atoms with Gasteiger partial charge in [0.2, 0.25) is 5.91 Å². The third kappa shape index (κ3) is 6.90. The van der Waals surface area contributed by atoms with Crippen LogP contribution in [0.3, 0.4) is 0 Å². The molecule has 1 aromatic rings. The number of anilines is 1. The number of amides is 1. The molecule has 124 valence electrons. The van der Waals surface area contributed by atoms with Gasteiger partial charge >= 0.3 is 0 Å². The van der Waals surface area contributed by atoms with Crippen molar-refractivity contribution in [2.24, 2.45) is 0 Å². The summed E-state index contributed by atoms with van der Waals surface area (Å²) < 4.78 is 5.76. The molecule has 1 aliphatic heterocycles. The molecule has 2 rings (SSSR count). The van der Waals surface area contributed by atoms with Gasteiger partial charge in [0, 0.05) is 36.2 Å². The molecule has 1 amide bonds. The molecule has 1 saturated heterocycles. The van der Waals surface area contributed by atoms with Crippen LogP contribution in [0.25, 0.3) is 0 Å². The molecule has 1 heterocycles. The van der Waals surface area contributed by atoms with Crippen molar-refractivity contribution in [2.75, 3.05) is 23.4 Å². The Kier molecular flexibility index (Phi) is 7.53. The van der Waals surface area contributed by atoms with E-state index in [0.717, 1.165) is 29.5 Å². The summed E-state index contributed by atoms with van der Waals surface area (Å²) in [6, 6.07) is 7.81. The van der Waals surface area contributed by atoms with Gasteiger partial charge in [0.05, 0.1) is 0 Å². The van der Waals surface area contributed by atoms with E-state index >= 15 is 0 Å². The number of hydrogen-bond donors (Lipinski definition) is 2. The second-order valence-corrected chi connectivity index (χ2v) is 7.37. The van der Waals surface area contributed by atoms with Crippen LogP contribution in [-0.2, 0) is 4.79 Å².